The van der Waals surface area contributed by atoms with Crippen LogP contribution >= 0.6 is 22.7 Å². The lowest BCUT2D eigenvalue weighted by Crippen LogP contribution is -2.50. The number of hydrogen-bond acceptors (Lipinski definition) is 4. The molecule has 2 atom stereocenters. The molecule has 2 heterocycles. The van der Waals surface area contributed by atoms with E-state index in [1.807, 2.05) is 0 Å². The molecule has 4 nitrogen and oxygen atoms in total. The Balaban J connectivity index is 1.25. The van der Waals surface area contributed by atoms with Gasteiger partial charge < -0.3 is 10.6 Å². The van der Waals surface area contributed by atoms with Crippen LogP contribution in [0.2, 0.25) is 0 Å². The number of carbonyl (C=O) groups excluding carboxylic acids is 2. The van der Waals surface area contributed by atoms with E-state index in [-0.39, 0.29) is 28.7 Å². The van der Waals surface area contributed by atoms with Gasteiger partial charge in [-0.3, -0.25) is 9.59 Å². The summed E-state index contributed by atoms with van der Waals surface area (Å²) >= 11 is 3.50. The highest BCUT2D eigenvalue weighted by molar-refractivity contribution is 7.10. The van der Waals surface area contributed by atoms with Crippen molar-refractivity contribution in [3.05, 3.63) is 42.8 Å². The monoisotopic (exact) mass is 498 g/mol. The van der Waals surface area contributed by atoms with E-state index in [1.165, 1.54) is 46.6 Å². The Hall–Kier alpha value is -1.66. The van der Waals surface area contributed by atoms with E-state index in [2.05, 4.69) is 42.2 Å². The van der Waals surface area contributed by atoms with Gasteiger partial charge in [-0.2, -0.15) is 0 Å². The fourth-order valence-electron chi connectivity index (χ4n) is 6.89. The second-order valence-corrected chi connectivity index (χ2v) is 13.9. The van der Waals surface area contributed by atoms with Gasteiger partial charge in [-0.15, -0.1) is 22.7 Å². The SMILES string of the molecule is CC1(C)CC(NC(=O)c2csc3c2CCCC3)CC(C)(CNC(=O)c2csc3c2CCCC3)C1. The lowest BCUT2D eigenvalue weighted by molar-refractivity contribution is 0.0591. The summed E-state index contributed by atoms with van der Waals surface area (Å²) in [6.07, 6.45) is 12.1. The van der Waals surface area contributed by atoms with Gasteiger partial charge >= 0.3 is 0 Å². The second-order valence-electron chi connectivity index (χ2n) is 11.9. The Bertz CT molecular complexity index is 1080. The van der Waals surface area contributed by atoms with Crippen molar-refractivity contribution in [2.24, 2.45) is 10.8 Å². The maximum Gasteiger partial charge on any atom is 0.252 e. The highest BCUT2D eigenvalue weighted by atomic mass is 32.1. The van der Waals surface area contributed by atoms with E-state index in [0.29, 0.717) is 6.54 Å². The number of nitrogens with one attached hydrogen (secondary N) is 2. The fraction of sp³-hybridized carbons (Fsp3) is 0.643. The molecule has 184 valence electrons. The summed E-state index contributed by atoms with van der Waals surface area (Å²) in [7, 11) is 0. The summed E-state index contributed by atoms with van der Waals surface area (Å²) in [5.41, 5.74) is 4.45. The zero-order valence-electron chi connectivity index (χ0n) is 20.9. The first-order chi connectivity index (χ1) is 16.2. The molecule has 2 aromatic heterocycles. The van der Waals surface area contributed by atoms with Crippen molar-refractivity contribution in [1.29, 1.82) is 0 Å². The van der Waals surface area contributed by atoms with Crippen molar-refractivity contribution in [2.45, 2.75) is 97.4 Å². The molecule has 34 heavy (non-hydrogen) atoms. The van der Waals surface area contributed by atoms with Crippen molar-refractivity contribution < 1.29 is 9.59 Å². The molecule has 0 bridgehead atoms. The summed E-state index contributed by atoms with van der Waals surface area (Å²) in [4.78, 5) is 29.2. The van der Waals surface area contributed by atoms with Crippen molar-refractivity contribution in [1.82, 2.24) is 10.6 Å². The molecule has 2 N–H and O–H groups in total. The zero-order valence-corrected chi connectivity index (χ0v) is 22.5. The molecule has 3 aliphatic carbocycles. The minimum Gasteiger partial charge on any atom is -0.351 e. The Morgan fingerprint density at radius 1 is 0.853 bits per heavy atom. The van der Waals surface area contributed by atoms with Crippen molar-refractivity contribution in [3.63, 3.8) is 0 Å². The van der Waals surface area contributed by atoms with Gasteiger partial charge in [0.15, 0.2) is 0 Å². The number of thiophene rings is 2. The third-order valence-corrected chi connectivity index (χ3v) is 10.2. The molecule has 1 saturated carbocycles. The van der Waals surface area contributed by atoms with Crippen LogP contribution in [-0.4, -0.2) is 24.4 Å². The fourth-order valence-corrected chi connectivity index (χ4v) is 9.14. The van der Waals surface area contributed by atoms with E-state index in [9.17, 15) is 9.59 Å². The van der Waals surface area contributed by atoms with Gasteiger partial charge in [0.25, 0.3) is 11.8 Å². The zero-order chi connectivity index (χ0) is 23.9. The highest BCUT2D eigenvalue weighted by Crippen LogP contribution is 2.46. The number of aryl methyl sites for hydroxylation is 2. The standard InChI is InChI=1S/C28H38N2O2S2/c1-27(2)12-18(30-26(32)22-15-34-24-11-7-5-9-20(22)24)13-28(3,16-27)17-29-25(31)21-14-33-23-10-6-4-8-19(21)23/h14-15,18H,4-13,16-17H2,1-3H3,(H,29,31)(H,30,32). The topological polar surface area (TPSA) is 58.2 Å². The van der Waals surface area contributed by atoms with Gasteiger partial charge in [-0.05, 0) is 92.6 Å². The molecule has 2 aromatic rings. The molecule has 5 rings (SSSR count). The number of hydrogen-bond donors (Lipinski definition) is 2. The number of fused-ring (bicyclic) bond motifs is 2. The summed E-state index contributed by atoms with van der Waals surface area (Å²) < 4.78 is 0. The Labute approximate surface area is 211 Å². The van der Waals surface area contributed by atoms with E-state index in [4.69, 9.17) is 0 Å². The minimum atomic E-state index is -0.0421. The van der Waals surface area contributed by atoms with Crippen LogP contribution in [0.15, 0.2) is 10.8 Å². The van der Waals surface area contributed by atoms with E-state index in [1.54, 1.807) is 22.7 Å². The average molecular weight is 499 g/mol. The van der Waals surface area contributed by atoms with Gasteiger partial charge in [0.05, 0.1) is 11.1 Å². The van der Waals surface area contributed by atoms with Gasteiger partial charge in [0, 0.05) is 33.1 Å². The Morgan fingerprint density at radius 2 is 1.41 bits per heavy atom. The summed E-state index contributed by atoms with van der Waals surface area (Å²) in [6, 6.07) is 0.131. The molecule has 0 radical (unpaired) electrons. The molecule has 6 heteroatoms. The van der Waals surface area contributed by atoms with Gasteiger partial charge in [0.1, 0.15) is 0 Å². The molecule has 0 aromatic carbocycles. The van der Waals surface area contributed by atoms with Crippen LogP contribution in [0.3, 0.4) is 0 Å². The van der Waals surface area contributed by atoms with Gasteiger partial charge in [-0.1, -0.05) is 20.8 Å². The van der Waals surface area contributed by atoms with Crippen molar-refractivity contribution >= 4 is 34.5 Å². The second kappa shape index (κ2) is 9.42. The van der Waals surface area contributed by atoms with Crippen LogP contribution in [0.5, 0.6) is 0 Å². The third-order valence-electron chi connectivity index (χ3n) is 8.07. The van der Waals surface area contributed by atoms with Gasteiger partial charge in [0.2, 0.25) is 0 Å². The van der Waals surface area contributed by atoms with Crippen molar-refractivity contribution in [3.8, 4) is 0 Å². The van der Waals surface area contributed by atoms with Crippen molar-refractivity contribution in [2.75, 3.05) is 6.54 Å². The first kappa shape index (κ1) is 24.1. The quantitative estimate of drug-likeness (QED) is 0.507. The first-order valence-corrected chi connectivity index (χ1v) is 14.8. The lowest BCUT2D eigenvalue weighted by atomic mass is 9.62. The van der Waals surface area contributed by atoms with E-state index in [0.717, 1.165) is 56.1 Å². The summed E-state index contributed by atoms with van der Waals surface area (Å²) in [5.74, 6) is 0.174. The maximum absolute atomic E-state index is 13.3. The predicted octanol–water partition coefficient (Wildman–Crippen LogP) is 6.31. The van der Waals surface area contributed by atoms with Crippen LogP contribution in [0.4, 0.5) is 0 Å². The molecule has 2 amide bonds. The molecule has 0 saturated heterocycles. The molecule has 3 aliphatic rings. The molecule has 0 spiro atoms. The van der Waals surface area contributed by atoms with Crippen LogP contribution < -0.4 is 10.6 Å². The van der Waals surface area contributed by atoms with Crippen LogP contribution in [0, 0.1) is 10.8 Å². The molecular formula is C28H38N2O2S2. The summed E-state index contributed by atoms with van der Waals surface area (Å²) in [5, 5.41) is 10.8. The van der Waals surface area contributed by atoms with Crippen LogP contribution in [-0.2, 0) is 25.7 Å². The number of rotatable bonds is 5. The molecule has 2 unspecified atom stereocenters. The highest BCUT2D eigenvalue weighted by Gasteiger charge is 2.42. The molecule has 1 fully saturated rings. The summed E-state index contributed by atoms with van der Waals surface area (Å²) in [6.45, 7) is 7.53. The van der Waals surface area contributed by atoms with E-state index < -0.39 is 0 Å². The lowest BCUT2D eigenvalue weighted by Gasteiger charge is -2.47. The Kier molecular flexibility index (Phi) is 6.66. The minimum absolute atomic E-state index is 0.0421. The molecular weight excluding hydrogens is 460 g/mol. The largest absolute Gasteiger partial charge is 0.351 e. The van der Waals surface area contributed by atoms with E-state index >= 15 is 0 Å². The third kappa shape index (κ3) is 4.99. The smallest absolute Gasteiger partial charge is 0.252 e. The Morgan fingerprint density at radius 3 is 2.03 bits per heavy atom. The van der Waals surface area contributed by atoms with Crippen LogP contribution in [0.1, 0.15) is 107 Å². The number of carbonyl (C=O) groups is 2. The normalized spacial score (nSPS) is 25.8. The number of amides is 2. The van der Waals surface area contributed by atoms with Crippen LogP contribution in [0.25, 0.3) is 0 Å². The maximum atomic E-state index is 13.3. The molecule has 0 aliphatic heterocycles. The average Bonchev–Trinajstić information content (AvgIpc) is 3.41. The van der Waals surface area contributed by atoms with Gasteiger partial charge in [-0.25, -0.2) is 0 Å². The predicted molar refractivity (Wildman–Crippen MR) is 141 cm³/mol. The first-order valence-electron chi connectivity index (χ1n) is 13.0.